The molecule has 0 saturated carbocycles. The molecule has 1 aromatic carbocycles. The summed E-state index contributed by atoms with van der Waals surface area (Å²) in [5.41, 5.74) is 1.96. The topological polar surface area (TPSA) is 44.8 Å². The van der Waals surface area contributed by atoms with Crippen LogP contribution in [0.2, 0.25) is 0 Å². The summed E-state index contributed by atoms with van der Waals surface area (Å²) in [4.78, 5) is 12.7. The SMILES string of the molecule is CC[C@H]1[C@@H]2c3cc(OC)ccc3O[C@]3(OC)C=CC(=O)C(=C[C@@H]1CC)[C@H]23. The first-order valence-corrected chi connectivity index (χ1v) is 9.45. The number of ketones is 1. The molecule has 0 amide bonds. The van der Waals surface area contributed by atoms with Crippen LogP contribution in [0.1, 0.15) is 38.2 Å². The second kappa shape index (κ2) is 6.27. The molecule has 2 aliphatic carbocycles. The van der Waals surface area contributed by atoms with Crippen LogP contribution in [0.5, 0.6) is 11.5 Å². The molecule has 1 aromatic rings. The Morgan fingerprint density at radius 2 is 2.00 bits per heavy atom. The van der Waals surface area contributed by atoms with Crippen LogP contribution in [0, 0.1) is 17.8 Å². The number of carbonyl (C=O) groups excluding carboxylic acids is 1. The molecule has 0 aromatic heterocycles. The van der Waals surface area contributed by atoms with Crippen LogP contribution in [0.3, 0.4) is 0 Å². The summed E-state index contributed by atoms with van der Waals surface area (Å²) in [5, 5.41) is 0. The molecule has 4 rings (SSSR count). The van der Waals surface area contributed by atoms with E-state index in [1.54, 1.807) is 26.4 Å². The third kappa shape index (κ3) is 2.28. The van der Waals surface area contributed by atoms with Gasteiger partial charge in [-0.1, -0.05) is 26.3 Å². The van der Waals surface area contributed by atoms with Crippen LogP contribution in [0.4, 0.5) is 0 Å². The molecule has 3 aliphatic rings. The fraction of sp³-hybridized carbons (Fsp3) is 0.500. The summed E-state index contributed by atoms with van der Waals surface area (Å²) < 4.78 is 17.7. The molecule has 0 unspecified atom stereocenters. The number of ether oxygens (including phenoxy) is 3. The highest BCUT2D eigenvalue weighted by Gasteiger charge is 2.57. The minimum atomic E-state index is -0.919. The zero-order valence-electron chi connectivity index (χ0n) is 15.8. The smallest absolute Gasteiger partial charge is 0.238 e. The molecule has 0 radical (unpaired) electrons. The predicted molar refractivity (Wildman–Crippen MR) is 99.4 cm³/mol. The average Bonchev–Trinajstić information content (AvgIpc) is 2.69. The van der Waals surface area contributed by atoms with Crippen molar-refractivity contribution in [3.8, 4) is 11.5 Å². The Bertz CT molecular complexity index is 793. The first-order chi connectivity index (χ1) is 12.6. The Labute approximate surface area is 154 Å². The van der Waals surface area contributed by atoms with Gasteiger partial charge in [-0.05, 0) is 48.6 Å². The van der Waals surface area contributed by atoms with Gasteiger partial charge in [-0.2, -0.15) is 0 Å². The Morgan fingerprint density at radius 1 is 1.19 bits per heavy atom. The number of carbonyl (C=O) groups is 1. The van der Waals surface area contributed by atoms with E-state index in [2.05, 4.69) is 26.0 Å². The number of rotatable bonds is 4. The largest absolute Gasteiger partial charge is 0.497 e. The van der Waals surface area contributed by atoms with E-state index in [0.29, 0.717) is 11.8 Å². The molecular formula is C22H26O4. The first-order valence-electron chi connectivity index (χ1n) is 9.45. The molecule has 0 bridgehead atoms. The number of hydrogen-bond acceptors (Lipinski definition) is 4. The van der Waals surface area contributed by atoms with E-state index in [0.717, 1.165) is 35.5 Å². The van der Waals surface area contributed by atoms with Crippen LogP contribution >= 0.6 is 0 Å². The summed E-state index contributed by atoms with van der Waals surface area (Å²) in [6.45, 7) is 4.43. The van der Waals surface area contributed by atoms with Crippen LogP contribution in [-0.4, -0.2) is 25.8 Å². The molecule has 26 heavy (non-hydrogen) atoms. The normalized spacial score (nSPS) is 34.5. The maximum atomic E-state index is 12.7. The number of fused-ring (bicyclic) bond motifs is 2. The lowest BCUT2D eigenvalue weighted by Crippen LogP contribution is -2.56. The minimum absolute atomic E-state index is 0.0793. The van der Waals surface area contributed by atoms with E-state index < -0.39 is 5.79 Å². The summed E-state index contributed by atoms with van der Waals surface area (Å²) in [6, 6.07) is 5.94. The molecule has 0 spiro atoms. The zero-order valence-corrected chi connectivity index (χ0v) is 15.8. The van der Waals surface area contributed by atoms with Crippen molar-refractivity contribution in [2.75, 3.05) is 14.2 Å². The molecule has 5 atom stereocenters. The van der Waals surface area contributed by atoms with Crippen LogP contribution in [0.25, 0.3) is 0 Å². The quantitative estimate of drug-likeness (QED) is 0.810. The number of hydrogen-bond donors (Lipinski definition) is 0. The van der Waals surface area contributed by atoms with E-state index >= 15 is 0 Å². The standard InChI is InChI=1S/C22H26O4/c1-5-13-11-16-18(23)9-10-22(25-4)21(16)20(15(13)6-2)17-12-14(24-3)7-8-19(17)26-22/h7-13,15,20-21H,5-6H2,1-4H3/t13-,15+,20+,21+,22+/m0/s1. The van der Waals surface area contributed by atoms with Gasteiger partial charge in [0, 0.05) is 24.2 Å². The average molecular weight is 354 g/mol. The third-order valence-electron chi connectivity index (χ3n) is 6.39. The van der Waals surface area contributed by atoms with Crippen LogP contribution in [-0.2, 0) is 9.53 Å². The van der Waals surface area contributed by atoms with Gasteiger partial charge in [-0.25, -0.2) is 0 Å². The highest BCUT2D eigenvalue weighted by Crippen LogP contribution is 2.59. The highest BCUT2D eigenvalue weighted by atomic mass is 16.7. The van der Waals surface area contributed by atoms with Crippen molar-refractivity contribution in [3.63, 3.8) is 0 Å². The fourth-order valence-corrected chi connectivity index (χ4v) is 5.16. The van der Waals surface area contributed by atoms with E-state index in [1.807, 2.05) is 12.1 Å². The van der Waals surface area contributed by atoms with Crippen molar-refractivity contribution in [3.05, 3.63) is 47.6 Å². The van der Waals surface area contributed by atoms with Crippen LogP contribution in [0.15, 0.2) is 42.0 Å². The molecule has 4 heteroatoms. The molecule has 4 nitrogen and oxygen atoms in total. The maximum Gasteiger partial charge on any atom is 0.238 e. The molecule has 0 saturated heterocycles. The summed E-state index contributed by atoms with van der Waals surface area (Å²) in [7, 11) is 3.34. The molecule has 1 heterocycles. The Hall–Kier alpha value is -2.07. The summed E-state index contributed by atoms with van der Waals surface area (Å²) in [5.74, 6) is 1.63. The van der Waals surface area contributed by atoms with E-state index in [4.69, 9.17) is 14.2 Å². The van der Waals surface area contributed by atoms with Gasteiger partial charge in [-0.3, -0.25) is 4.79 Å². The van der Waals surface area contributed by atoms with E-state index in [9.17, 15) is 4.79 Å². The summed E-state index contributed by atoms with van der Waals surface area (Å²) in [6.07, 6.45) is 7.65. The highest BCUT2D eigenvalue weighted by molar-refractivity contribution is 6.06. The fourth-order valence-electron chi connectivity index (χ4n) is 5.16. The predicted octanol–water partition coefficient (Wildman–Crippen LogP) is 4.26. The van der Waals surface area contributed by atoms with Gasteiger partial charge >= 0.3 is 0 Å². The number of benzene rings is 1. The molecule has 0 fully saturated rings. The number of methoxy groups -OCH3 is 2. The van der Waals surface area contributed by atoms with Gasteiger partial charge in [-0.15, -0.1) is 0 Å². The van der Waals surface area contributed by atoms with Gasteiger partial charge in [0.05, 0.1) is 13.0 Å². The Balaban J connectivity index is 1.98. The second-order valence-corrected chi connectivity index (χ2v) is 7.40. The Kier molecular flexibility index (Phi) is 4.19. The van der Waals surface area contributed by atoms with Crippen molar-refractivity contribution in [1.82, 2.24) is 0 Å². The van der Waals surface area contributed by atoms with Crippen LogP contribution < -0.4 is 9.47 Å². The zero-order chi connectivity index (χ0) is 18.5. The van der Waals surface area contributed by atoms with Gasteiger partial charge in [0.25, 0.3) is 0 Å². The van der Waals surface area contributed by atoms with E-state index in [1.165, 1.54) is 0 Å². The van der Waals surface area contributed by atoms with Crippen molar-refractivity contribution >= 4 is 5.78 Å². The monoisotopic (exact) mass is 354 g/mol. The van der Waals surface area contributed by atoms with Gasteiger partial charge in [0.2, 0.25) is 5.79 Å². The third-order valence-corrected chi connectivity index (χ3v) is 6.39. The molecule has 138 valence electrons. The van der Waals surface area contributed by atoms with Gasteiger partial charge in [0.15, 0.2) is 5.78 Å². The number of allylic oxidation sites excluding steroid dienone is 2. The minimum Gasteiger partial charge on any atom is -0.497 e. The van der Waals surface area contributed by atoms with E-state index in [-0.39, 0.29) is 17.6 Å². The van der Waals surface area contributed by atoms with Gasteiger partial charge < -0.3 is 14.2 Å². The second-order valence-electron chi connectivity index (χ2n) is 7.40. The molecule has 1 aliphatic heterocycles. The van der Waals surface area contributed by atoms with Crippen molar-refractivity contribution in [2.45, 2.75) is 38.4 Å². The van der Waals surface area contributed by atoms with Crippen molar-refractivity contribution in [2.24, 2.45) is 17.8 Å². The lowest BCUT2D eigenvalue weighted by molar-refractivity contribution is -0.180. The summed E-state index contributed by atoms with van der Waals surface area (Å²) >= 11 is 0. The van der Waals surface area contributed by atoms with Crippen molar-refractivity contribution < 1.29 is 19.0 Å². The van der Waals surface area contributed by atoms with Gasteiger partial charge in [0.1, 0.15) is 11.5 Å². The first kappa shape index (κ1) is 17.3. The van der Waals surface area contributed by atoms with Crippen molar-refractivity contribution in [1.29, 1.82) is 0 Å². The maximum absolute atomic E-state index is 12.7. The molecular weight excluding hydrogens is 328 g/mol. The Morgan fingerprint density at radius 3 is 2.65 bits per heavy atom. The lowest BCUT2D eigenvalue weighted by Gasteiger charge is -2.53. The lowest BCUT2D eigenvalue weighted by atomic mass is 9.58. The molecule has 0 N–H and O–H groups in total.